The van der Waals surface area contributed by atoms with Crippen LogP contribution in [0.2, 0.25) is 5.02 Å². The number of carbonyl (C=O) groups is 1. The second kappa shape index (κ2) is 7.81. The molecule has 1 N–H and O–H groups in total. The van der Waals surface area contributed by atoms with Gasteiger partial charge in [-0.25, -0.2) is 0 Å². The zero-order valence-corrected chi connectivity index (χ0v) is 16.0. The van der Waals surface area contributed by atoms with Crippen LogP contribution in [-0.4, -0.2) is 19.6 Å². The summed E-state index contributed by atoms with van der Waals surface area (Å²) in [6.07, 6.45) is 0. The van der Waals surface area contributed by atoms with Crippen molar-refractivity contribution in [1.29, 1.82) is 0 Å². The van der Waals surface area contributed by atoms with Crippen molar-refractivity contribution < 1.29 is 14.3 Å². The van der Waals surface area contributed by atoms with E-state index < -0.39 is 0 Å². The van der Waals surface area contributed by atoms with E-state index in [0.29, 0.717) is 27.9 Å². The number of halogens is 1. The number of anilines is 1. The highest BCUT2D eigenvalue weighted by molar-refractivity contribution is 7.21. The van der Waals surface area contributed by atoms with Crippen LogP contribution >= 0.6 is 22.9 Å². The average Bonchev–Trinajstić information content (AvgIpc) is 2.97. The minimum absolute atomic E-state index is 0.276. The first kappa shape index (κ1) is 18.3. The Morgan fingerprint density at radius 2 is 2.04 bits per heavy atom. The maximum Gasteiger partial charge on any atom is 0.267 e. The number of fused-ring (bicyclic) bond motifs is 1. The van der Waals surface area contributed by atoms with Gasteiger partial charge in [-0.15, -0.1) is 11.3 Å². The lowest BCUT2D eigenvalue weighted by molar-refractivity contribution is 0.103. The highest BCUT2D eigenvalue weighted by Crippen LogP contribution is 2.38. The molecule has 0 aliphatic heterocycles. The Balaban J connectivity index is 1.88. The van der Waals surface area contributed by atoms with Gasteiger partial charge in [-0.2, -0.15) is 0 Å². The molecule has 1 heterocycles. The number of hydrogen-bond donors (Lipinski definition) is 1. The van der Waals surface area contributed by atoms with E-state index in [4.69, 9.17) is 21.1 Å². The van der Waals surface area contributed by atoms with E-state index in [9.17, 15) is 4.79 Å². The molecular weight excluding hydrogens is 370 g/mol. The van der Waals surface area contributed by atoms with E-state index in [1.54, 1.807) is 19.2 Å². The first-order valence-corrected chi connectivity index (χ1v) is 9.12. The van der Waals surface area contributed by atoms with E-state index in [0.717, 1.165) is 21.4 Å². The van der Waals surface area contributed by atoms with Gasteiger partial charge in [0, 0.05) is 10.1 Å². The third-order valence-corrected chi connectivity index (χ3v) is 5.31. The second-order valence-corrected chi connectivity index (χ2v) is 7.23. The molecule has 0 saturated heterocycles. The third-order valence-electron chi connectivity index (χ3n) is 3.65. The van der Waals surface area contributed by atoms with Crippen molar-refractivity contribution in [3.05, 3.63) is 64.5 Å². The van der Waals surface area contributed by atoms with Crippen molar-refractivity contribution in [2.75, 3.05) is 19.0 Å². The largest absolute Gasteiger partial charge is 0.497 e. The molecule has 3 aromatic rings. The van der Waals surface area contributed by atoms with Crippen molar-refractivity contribution in [1.82, 2.24) is 0 Å². The summed E-state index contributed by atoms with van der Waals surface area (Å²) in [5, 5.41) is 4.15. The maximum absolute atomic E-state index is 12.8. The van der Waals surface area contributed by atoms with Crippen molar-refractivity contribution in [3.8, 4) is 11.5 Å². The summed E-state index contributed by atoms with van der Waals surface area (Å²) in [5.41, 5.74) is 1.48. The number of amides is 1. The van der Waals surface area contributed by atoms with Crippen LogP contribution in [0.4, 0.5) is 5.69 Å². The zero-order valence-electron chi connectivity index (χ0n) is 14.5. The minimum atomic E-state index is -0.276. The molecule has 0 aliphatic rings. The van der Waals surface area contributed by atoms with Crippen molar-refractivity contribution in [3.63, 3.8) is 0 Å². The molecule has 26 heavy (non-hydrogen) atoms. The predicted molar refractivity (Wildman–Crippen MR) is 108 cm³/mol. The van der Waals surface area contributed by atoms with E-state index in [-0.39, 0.29) is 5.91 Å². The Labute approximate surface area is 161 Å². The molecule has 2 aromatic carbocycles. The van der Waals surface area contributed by atoms with Crippen LogP contribution in [0.5, 0.6) is 11.5 Å². The van der Waals surface area contributed by atoms with Gasteiger partial charge in [-0.1, -0.05) is 30.3 Å². The third kappa shape index (κ3) is 3.84. The molecule has 6 heteroatoms. The second-order valence-electron chi connectivity index (χ2n) is 5.80. The van der Waals surface area contributed by atoms with Gasteiger partial charge in [0.05, 0.1) is 17.8 Å². The predicted octanol–water partition coefficient (Wildman–Crippen LogP) is 5.77. The molecule has 134 valence electrons. The van der Waals surface area contributed by atoms with Crippen LogP contribution in [0.15, 0.2) is 54.6 Å². The average molecular weight is 388 g/mol. The van der Waals surface area contributed by atoms with E-state index in [1.165, 1.54) is 11.3 Å². The summed E-state index contributed by atoms with van der Waals surface area (Å²) in [5.74, 6) is 1.03. The molecule has 0 radical (unpaired) electrons. The number of thiophene rings is 1. The van der Waals surface area contributed by atoms with Crippen LogP contribution in [0.25, 0.3) is 10.1 Å². The fraction of sp³-hybridized carbons (Fsp3) is 0.150. The van der Waals surface area contributed by atoms with Gasteiger partial charge in [0.2, 0.25) is 0 Å². The van der Waals surface area contributed by atoms with Crippen LogP contribution in [0, 0.1) is 0 Å². The standard InChI is InChI=1S/C20H18ClNO3S/c1-12(2)11-25-16-7-5-4-6-15(16)22-20(23)19-18(21)14-9-8-13(24-3)10-17(14)26-19/h4-10H,1,11H2,2-3H3,(H,22,23). The van der Waals surface area contributed by atoms with Gasteiger partial charge in [0.25, 0.3) is 5.91 Å². The first-order valence-electron chi connectivity index (χ1n) is 7.93. The molecule has 0 spiro atoms. The molecule has 0 fully saturated rings. The van der Waals surface area contributed by atoms with Gasteiger partial charge in [-0.05, 0) is 42.8 Å². The van der Waals surface area contributed by atoms with Crippen LogP contribution in [-0.2, 0) is 0 Å². The Hall–Kier alpha value is -2.50. The lowest BCUT2D eigenvalue weighted by Gasteiger charge is -2.12. The number of methoxy groups -OCH3 is 1. The summed E-state index contributed by atoms with van der Waals surface area (Å²) >= 11 is 7.75. The van der Waals surface area contributed by atoms with Crippen LogP contribution < -0.4 is 14.8 Å². The first-order chi connectivity index (χ1) is 12.5. The number of benzene rings is 2. The summed E-state index contributed by atoms with van der Waals surface area (Å²) < 4.78 is 11.8. The highest BCUT2D eigenvalue weighted by Gasteiger charge is 2.19. The molecule has 1 aromatic heterocycles. The number of carbonyl (C=O) groups excluding carboxylic acids is 1. The molecule has 0 unspecified atom stereocenters. The number of ether oxygens (including phenoxy) is 2. The van der Waals surface area contributed by atoms with Gasteiger partial charge >= 0.3 is 0 Å². The van der Waals surface area contributed by atoms with Gasteiger partial charge in [0.15, 0.2) is 0 Å². The molecule has 0 atom stereocenters. The lowest BCUT2D eigenvalue weighted by Crippen LogP contribution is -2.12. The van der Waals surface area contributed by atoms with Gasteiger partial charge in [-0.3, -0.25) is 4.79 Å². The van der Waals surface area contributed by atoms with E-state index in [1.807, 2.05) is 37.3 Å². The minimum Gasteiger partial charge on any atom is -0.497 e. The number of para-hydroxylation sites is 2. The molecule has 0 saturated carbocycles. The zero-order chi connectivity index (χ0) is 18.7. The fourth-order valence-corrected chi connectivity index (χ4v) is 3.84. The summed E-state index contributed by atoms with van der Waals surface area (Å²) in [7, 11) is 1.60. The number of hydrogen-bond acceptors (Lipinski definition) is 4. The smallest absolute Gasteiger partial charge is 0.267 e. The quantitative estimate of drug-likeness (QED) is 0.546. The van der Waals surface area contributed by atoms with Gasteiger partial charge in [0.1, 0.15) is 23.0 Å². The molecular formula is C20H18ClNO3S. The fourth-order valence-electron chi connectivity index (χ4n) is 2.39. The normalized spacial score (nSPS) is 10.6. The monoisotopic (exact) mass is 387 g/mol. The Morgan fingerprint density at radius 3 is 2.77 bits per heavy atom. The molecule has 4 nitrogen and oxygen atoms in total. The van der Waals surface area contributed by atoms with Gasteiger partial charge < -0.3 is 14.8 Å². The number of rotatable bonds is 6. The maximum atomic E-state index is 12.8. The van der Waals surface area contributed by atoms with E-state index >= 15 is 0 Å². The summed E-state index contributed by atoms with van der Waals surface area (Å²) in [4.78, 5) is 13.2. The Kier molecular flexibility index (Phi) is 5.49. The van der Waals surface area contributed by atoms with Crippen LogP contribution in [0.3, 0.4) is 0 Å². The molecule has 3 rings (SSSR count). The summed E-state index contributed by atoms with van der Waals surface area (Å²) in [6, 6.07) is 12.8. The van der Waals surface area contributed by atoms with Crippen molar-refractivity contribution in [2.45, 2.75) is 6.92 Å². The molecule has 0 bridgehead atoms. The summed E-state index contributed by atoms with van der Waals surface area (Å²) in [6.45, 7) is 6.09. The van der Waals surface area contributed by atoms with Crippen LogP contribution in [0.1, 0.15) is 16.6 Å². The number of nitrogens with one attached hydrogen (secondary N) is 1. The Bertz CT molecular complexity index is 980. The highest BCUT2D eigenvalue weighted by atomic mass is 35.5. The van der Waals surface area contributed by atoms with Crippen molar-refractivity contribution in [2.24, 2.45) is 0 Å². The topological polar surface area (TPSA) is 47.6 Å². The van der Waals surface area contributed by atoms with Crippen molar-refractivity contribution >= 4 is 44.6 Å². The SMILES string of the molecule is C=C(C)COc1ccccc1NC(=O)c1sc2cc(OC)ccc2c1Cl. The molecule has 0 aliphatic carbocycles. The van der Waals surface area contributed by atoms with E-state index in [2.05, 4.69) is 11.9 Å². The lowest BCUT2D eigenvalue weighted by atomic mass is 10.2. The molecule has 1 amide bonds. The Morgan fingerprint density at radius 1 is 1.27 bits per heavy atom.